The van der Waals surface area contributed by atoms with Crippen LogP contribution in [0.4, 0.5) is 5.69 Å². The van der Waals surface area contributed by atoms with E-state index in [-0.39, 0.29) is 11.9 Å². The van der Waals surface area contributed by atoms with Crippen LogP contribution in [-0.2, 0) is 18.8 Å². The molecule has 1 aromatic carbocycles. The maximum Gasteiger partial charge on any atom is 0.494 e. The lowest BCUT2D eigenvalue weighted by Gasteiger charge is -2.32. The Balaban J connectivity index is 1.56. The molecular weight excluding hydrogens is 469 g/mol. The molecule has 0 aromatic heterocycles. The number of rotatable bonds is 8. The molecule has 3 heterocycles. The number of benzene rings is 1. The summed E-state index contributed by atoms with van der Waals surface area (Å²) in [6.07, 6.45) is 0.862. The van der Waals surface area contributed by atoms with E-state index < -0.39 is 18.3 Å². The molecule has 200 valence electrons. The van der Waals surface area contributed by atoms with Gasteiger partial charge in [0.15, 0.2) is 0 Å². The van der Waals surface area contributed by atoms with E-state index in [9.17, 15) is 4.79 Å². The molecule has 3 saturated heterocycles. The third-order valence-corrected chi connectivity index (χ3v) is 7.88. The highest BCUT2D eigenvalue weighted by atomic mass is 16.7. The Kier molecular flexibility index (Phi) is 8.23. The van der Waals surface area contributed by atoms with Crippen molar-refractivity contribution in [3.63, 3.8) is 0 Å². The van der Waals surface area contributed by atoms with Crippen molar-refractivity contribution >= 4 is 36.6 Å². The van der Waals surface area contributed by atoms with E-state index in [2.05, 4.69) is 35.8 Å². The number of morpholine rings is 1. The summed E-state index contributed by atoms with van der Waals surface area (Å²) in [5.74, 6) is 0.486. The molecule has 3 fully saturated rings. The second-order valence-corrected chi connectivity index (χ2v) is 10.9. The molecule has 1 N–H and O–H groups in total. The van der Waals surface area contributed by atoms with E-state index in [1.54, 1.807) is 0 Å². The summed E-state index contributed by atoms with van der Waals surface area (Å²) in [7, 11) is -0.426. The summed E-state index contributed by atoms with van der Waals surface area (Å²) in [6.45, 7) is 20.0. The van der Waals surface area contributed by atoms with Crippen molar-refractivity contribution in [1.82, 2.24) is 9.80 Å². The first kappa shape index (κ1) is 27.5. The Morgan fingerprint density at radius 1 is 1.14 bits per heavy atom. The van der Waals surface area contributed by atoms with Gasteiger partial charge in [-0.05, 0) is 65.4 Å². The van der Waals surface area contributed by atoms with Gasteiger partial charge in [0.25, 0.3) is 5.91 Å². The third kappa shape index (κ3) is 5.82. The van der Waals surface area contributed by atoms with Crippen LogP contribution in [0, 0.1) is 0 Å². The van der Waals surface area contributed by atoms with Crippen LogP contribution in [0.2, 0.25) is 0 Å². The topological polar surface area (TPSA) is 88.0 Å². The molecule has 0 aliphatic carbocycles. The van der Waals surface area contributed by atoms with Gasteiger partial charge in [0.1, 0.15) is 11.5 Å². The van der Waals surface area contributed by atoms with Crippen LogP contribution in [0.5, 0.6) is 0 Å². The standard InChI is InChI=1S/C27H40BN5O4/c1-8-19(2)33-17-22(23(25(33)34)30-18-32-13-15-35-16-14-32)24(29-7)31-21-11-9-20(10-12-21)28-36-26(3,4)27(5,6)37-28/h9-12,19,31H,7-8,13-18H2,1-6H3/b24-22+,30-23+. The van der Waals surface area contributed by atoms with Crippen molar-refractivity contribution in [2.45, 2.75) is 65.2 Å². The molecular formula is C27H40BN5O4. The van der Waals surface area contributed by atoms with Crippen LogP contribution in [0.25, 0.3) is 0 Å². The Morgan fingerprint density at radius 3 is 2.32 bits per heavy atom. The largest absolute Gasteiger partial charge is 0.494 e. The van der Waals surface area contributed by atoms with Gasteiger partial charge in [0.05, 0.1) is 37.6 Å². The molecule has 1 atom stereocenters. The maximum atomic E-state index is 13.4. The predicted molar refractivity (Wildman–Crippen MR) is 149 cm³/mol. The molecule has 1 amide bonds. The van der Waals surface area contributed by atoms with Gasteiger partial charge < -0.3 is 24.3 Å². The summed E-state index contributed by atoms with van der Waals surface area (Å²) in [4.78, 5) is 26.4. The predicted octanol–water partition coefficient (Wildman–Crippen LogP) is 2.68. The van der Waals surface area contributed by atoms with E-state index in [1.165, 1.54) is 0 Å². The Bertz CT molecular complexity index is 1050. The van der Waals surface area contributed by atoms with E-state index in [1.807, 2.05) is 56.9 Å². The number of carbonyl (C=O) groups excluding carboxylic acids is 1. The number of nitrogens with one attached hydrogen (secondary N) is 1. The number of ether oxygens (including phenoxy) is 1. The van der Waals surface area contributed by atoms with Crippen LogP contribution in [-0.4, -0.2) is 92.0 Å². The zero-order valence-corrected chi connectivity index (χ0v) is 23.0. The van der Waals surface area contributed by atoms with Crippen molar-refractivity contribution in [2.24, 2.45) is 9.98 Å². The number of hydrogen-bond acceptors (Lipinski definition) is 8. The van der Waals surface area contributed by atoms with Gasteiger partial charge in [-0.1, -0.05) is 19.1 Å². The molecule has 0 saturated carbocycles. The molecule has 1 aromatic rings. The van der Waals surface area contributed by atoms with Gasteiger partial charge >= 0.3 is 7.12 Å². The summed E-state index contributed by atoms with van der Waals surface area (Å²) in [6, 6.07) is 7.98. The molecule has 1 unspecified atom stereocenters. The van der Waals surface area contributed by atoms with Crippen molar-refractivity contribution in [1.29, 1.82) is 0 Å². The fraction of sp³-hybridized carbons (Fsp3) is 0.593. The monoisotopic (exact) mass is 509 g/mol. The van der Waals surface area contributed by atoms with Crippen LogP contribution < -0.4 is 10.8 Å². The Morgan fingerprint density at radius 2 is 1.76 bits per heavy atom. The lowest BCUT2D eigenvalue weighted by atomic mass is 9.79. The molecule has 3 aliphatic rings. The van der Waals surface area contributed by atoms with E-state index in [0.29, 0.717) is 38.0 Å². The number of likely N-dealkylation sites (tertiary alicyclic amines) is 1. The smallest absolute Gasteiger partial charge is 0.399 e. The van der Waals surface area contributed by atoms with Gasteiger partial charge in [-0.15, -0.1) is 0 Å². The second kappa shape index (κ2) is 11.1. The molecule has 9 nitrogen and oxygen atoms in total. The third-order valence-electron chi connectivity index (χ3n) is 7.88. The van der Waals surface area contributed by atoms with Gasteiger partial charge in [-0.25, -0.2) is 4.99 Å². The van der Waals surface area contributed by atoms with E-state index >= 15 is 0 Å². The quantitative estimate of drug-likeness (QED) is 0.429. The minimum Gasteiger partial charge on any atom is -0.399 e. The number of amides is 1. The number of nitrogens with zero attached hydrogens (tertiary/aromatic N) is 4. The van der Waals surface area contributed by atoms with Gasteiger partial charge in [-0.2, -0.15) is 0 Å². The van der Waals surface area contributed by atoms with Crippen LogP contribution >= 0.6 is 0 Å². The molecule has 4 rings (SSSR count). The molecule has 3 aliphatic heterocycles. The highest BCUT2D eigenvalue weighted by Gasteiger charge is 2.51. The number of carbonyl (C=O) groups is 1. The Hall–Kier alpha value is -2.53. The molecule has 0 bridgehead atoms. The Labute approximate surface area is 221 Å². The van der Waals surface area contributed by atoms with Crippen molar-refractivity contribution in [3.8, 4) is 0 Å². The first-order valence-electron chi connectivity index (χ1n) is 13.1. The summed E-state index contributed by atoms with van der Waals surface area (Å²) < 4.78 is 17.8. The number of hydrogen-bond donors (Lipinski definition) is 1. The zero-order chi connectivity index (χ0) is 26.8. The van der Waals surface area contributed by atoms with Gasteiger partial charge in [0.2, 0.25) is 0 Å². The molecule has 37 heavy (non-hydrogen) atoms. The lowest BCUT2D eigenvalue weighted by Crippen LogP contribution is -2.41. The van der Waals surface area contributed by atoms with Gasteiger partial charge in [-0.3, -0.25) is 14.7 Å². The highest BCUT2D eigenvalue weighted by Crippen LogP contribution is 2.36. The normalized spacial score (nSPS) is 25.0. The van der Waals surface area contributed by atoms with E-state index in [0.717, 1.165) is 36.2 Å². The van der Waals surface area contributed by atoms with Gasteiger partial charge in [0, 0.05) is 30.4 Å². The van der Waals surface area contributed by atoms with Crippen LogP contribution in [0.15, 0.2) is 45.6 Å². The van der Waals surface area contributed by atoms with Crippen molar-refractivity contribution < 1.29 is 18.8 Å². The zero-order valence-electron chi connectivity index (χ0n) is 23.0. The fourth-order valence-electron chi connectivity index (χ4n) is 4.47. The SMILES string of the molecule is C=N/C(Nc1ccc(B2OC(C)(C)C(C)(C)O2)cc1)=C1/CN(C(C)CC)C(=O)/C1=N/CN1CCOCC1. The fourth-order valence-corrected chi connectivity index (χ4v) is 4.47. The highest BCUT2D eigenvalue weighted by molar-refractivity contribution is 6.62. The summed E-state index contributed by atoms with van der Waals surface area (Å²) >= 11 is 0. The maximum absolute atomic E-state index is 13.4. The van der Waals surface area contributed by atoms with E-state index in [4.69, 9.17) is 19.0 Å². The first-order valence-corrected chi connectivity index (χ1v) is 13.1. The second-order valence-electron chi connectivity index (χ2n) is 10.9. The van der Waals surface area contributed by atoms with Crippen LogP contribution in [0.1, 0.15) is 48.0 Å². The lowest BCUT2D eigenvalue weighted by molar-refractivity contribution is -0.124. The summed E-state index contributed by atoms with van der Waals surface area (Å²) in [5.41, 5.74) is 2.20. The first-order chi connectivity index (χ1) is 17.6. The molecule has 10 heteroatoms. The van der Waals surface area contributed by atoms with Crippen LogP contribution in [0.3, 0.4) is 0 Å². The molecule has 0 spiro atoms. The van der Waals surface area contributed by atoms with Crippen molar-refractivity contribution in [3.05, 3.63) is 35.7 Å². The van der Waals surface area contributed by atoms with Crippen molar-refractivity contribution in [2.75, 3.05) is 44.8 Å². The average molecular weight is 509 g/mol. The minimum atomic E-state index is -0.426. The number of anilines is 1. The minimum absolute atomic E-state index is 0.0586. The summed E-state index contributed by atoms with van der Waals surface area (Å²) in [5, 5.41) is 3.36. The molecule has 0 radical (unpaired) electrons. The number of aliphatic imine (C=N–C) groups is 2. The average Bonchev–Trinajstić information content (AvgIpc) is 3.32.